The first kappa shape index (κ1) is 15.1. The van der Waals surface area contributed by atoms with Crippen LogP contribution in [0.1, 0.15) is 17.5 Å². The van der Waals surface area contributed by atoms with Crippen LogP contribution in [-0.4, -0.2) is 29.3 Å². The first-order valence-electron chi connectivity index (χ1n) is 7.04. The molecule has 1 heterocycles. The molecule has 2 aromatic rings. The molecule has 0 saturated carbocycles. The smallest absolute Gasteiger partial charge is 0.220 e. The summed E-state index contributed by atoms with van der Waals surface area (Å²) < 4.78 is 6.87. The molecular weight excluding hydrogens is 266 g/mol. The van der Waals surface area contributed by atoms with Crippen LogP contribution in [0.25, 0.3) is 0 Å². The van der Waals surface area contributed by atoms with Gasteiger partial charge in [-0.3, -0.25) is 9.48 Å². The van der Waals surface area contributed by atoms with Crippen LogP contribution in [0.15, 0.2) is 36.7 Å². The molecule has 0 aliphatic heterocycles. The molecule has 0 bridgehead atoms. The normalized spacial score (nSPS) is 10.4. The van der Waals surface area contributed by atoms with Crippen LogP contribution >= 0.6 is 0 Å². The third kappa shape index (κ3) is 4.95. The number of benzene rings is 1. The van der Waals surface area contributed by atoms with Crippen molar-refractivity contribution in [1.82, 2.24) is 15.1 Å². The highest BCUT2D eigenvalue weighted by molar-refractivity contribution is 5.76. The van der Waals surface area contributed by atoms with Crippen molar-refractivity contribution in [2.45, 2.75) is 19.3 Å². The maximum Gasteiger partial charge on any atom is 0.220 e. The maximum atomic E-state index is 11.8. The Labute approximate surface area is 124 Å². The summed E-state index contributed by atoms with van der Waals surface area (Å²) >= 11 is 0. The van der Waals surface area contributed by atoms with E-state index in [9.17, 15) is 4.79 Å². The molecule has 0 atom stereocenters. The van der Waals surface area contributed by atoms with Crippen molar-refractivity contribution >= 4 is 5.91 Å². The summed E-state index contributed by atoms with van der Waals surface area (Å²) in [6.45, 7) is 0.646. The van der Waals surface area contributed by atoms with Crippen molar-refractivity contribution < 1.29 is 9.53 Å². The third-order valence-electron chi connectivity index (χ3n) is 3.29. The van der Waals surface area contributed by atoms with Crippen LogP contribution in [0, 0.1) is 0 Å². The second-order valence-corrected chi connectivity index (χ2v) is 4.97. The largest absolute Gasteiger partial charge is 0.497 e. The number of carbonyl (C=O) groups excluding carboxylic acids is 1. The van der Waals surface area contributed by atoms with E-state index in [4.69, 9.17) is 4.74 Å². The summed E-state index contributed by atoms with van der Waals surface area (Å²) in [5, 5.41) is 7.03. The number of ether oxygens (including phenoxy) is 1. The summed E-state index contributed by atoms with van der Waals surface area (Å²) in [4.78, 5) is 11.8. The minimum atomic E-state index is 0.0784. The maximum absolute atomic E-state index is 11.8. The number of rotatable bonds is 7. The summed E-state index contributed by atoms with van der Waals surface area (Å²) in [5.41, 5.74) is 2.27. The number of aryl methyl sites for hydroxylation is 2. The van der Waals surface area contributed by atoms with E-state index in [0.29, 0.717) is 13.0 Å². The van der Waals surface area contributed by atoms with Crippen molar-refractivity contribution in [3.05, 3.63) is 47.8 Å². The Bertz CT molecular complexity index is 575. The fourth-order valence-corrected chi connectivity index (χ4v) is 2.09. The molecule has 21 heavy (non-hydrogen) atoms. The number of methoxy groups -OCH3 is 1. The zero-order chi connectivity index (χ0) is 15.1. The molecule has 112 valence electrons. The average molecular weight is 287 g/mol. The molecule has 0 unspecified atom stereocenters. The zero-order valence-corrected chi connectivity index (χ0v) is 12.5. The molecule has 5 heteroatoms. The van der Waals surface area contributed by atoms with Gasteiger partial charge >= 0.3 is 0 Å². The fraction of sp³-hybridized carbons (Fsp3) is 0.375. The molecule has 0 saturated heterocycles. The van der Waals surface area contributed by atoms with E-state index in [-0.39, 0.29) is 5.91 Å². The number of nitrogens with zero attached hydrogens (tertiary/aromatic N) is 2. The number of amides is 1. The lowest BCUT2D eigenvalue weighted by molar-refractivity contribution is -0.121. The predicted octanol–water partition coefficient (Wildman–Crippen LogP) is 1.72. The lowest BCUT2D eigenvalue weighted by Crippen LogP contribution is -2.25. The van der Waals surface area contributed by atoms with Crippen LogP contribution < -0.4 is 10.1 Å². The molecule has 0 aliphatic carbocycles. The van der Waals surface area contributed by atoms with Gasteiger partial charge < -0.3 is 10.1 Å². The lowest BCUT2D eigenvalue weighted by atomic mass is 10.1. The summed E-state index contributed by atoms with van der Waals surface area (Å²) in [5.74, 6) is 0.911. The highest BCUT2D eigenvalue weighted by atomic mass is 16.5. The van der Waals surface area contributed by atoms with Crippen LogP contribution in [0.4, 0.5) is 0 Å². The van der Waals surface area contributed by atoms with Gasteiger partial charge in [-0.25, -0.2) is 0 Å². The van der Waals surface area contributed by atoms with Gasteiger partial charge in [0, 0.05) is 26.2 Å². The van der Waals surface area contributed by atoms with Crippen molar-refractivity contribution in [3.8, 4) is 5.75 Å². The van der Waals surface area contributed by atoms with Gasteiger partial charge in [0.15, 0.2) is 0 Å². The standard InChI is InChI=1S/C16H21N3O2/c1-19-12-14(11-18-19)9-10-17-16(20)8-5-13-3-6-15(21-2)7-4-13/h3-4,6-7,11-12H,5,8-10H2,1-2H3,(H,17,20). The SMILES string of the molecule is COc1ccc(CCC(=O)NCCc2cnn(C)c2)cc1. The molecule has 1 N–H and O–H groups in total. The monoisotopic (exact) mass is 287 g/mol. The molecule has 2 rings (SSSR count). The predicted molar refractivity (Wildman–Crippen MR) is 81.2 cm³/mol. The number of aromatic nitrogens is 2. The number of carbonyl (C=O) groups is 1. The van der Waals surface area contributed by atoms with Gasteiger partial charge in [-0.05, 0) is 36.1 Å². The molecular formula is C16H21N3O2. The van der Waals surface area contributed by atoms with Crippen LogP contribution in [0.3, 0.4) is 0 Å². The molecule has 1 amide bonds. The summed E-state index contributed by atoms with van der Waals surface area (Å²) in [6, 6.07) is 7.80. The second-order valence-electron chi connectivity index (χ2n) is 4.97. The van der Waals surface area contributed by atoms with Crippen molar-refractivity contribution in [2.24, 2.45) is 7.05 Å². The average Bonchev–Trinajstić information content (AvgIpc) is 2.91. The topological polar surface area (TPSA) is 56.1 Å². The minimum Gasteiger partial charge on any atom is -0.497 e. The highest BCUT2D eigenvalue weighted by Gasteiger charge is 2.03. The number of hydrogen-bond acceptors (Lipinski definition) is 3. The lowest BCUT2D eigenvalue weighted by Gasteiger charge is -2.05. The molecule has 5 nitrogen and oxygen atoms in total. The Morgan fingerprint density at radius 1 is 1.24 bits per heavy atom. The summed E-state index contributed by atoms with van der Waals surface area (Å²) in [7, 11) is 3.53. The highest BCUT2D eigenvalue weighted by Crippen LogP contribution is 2.12. The van der Waals surface area contributed by atoms with Gasteiger partial charge in [0.05, 0.1) is 13.3 Å². The van der Waals surface area contributed by atoms with Gasteiger partial charge in [-0.1, -0.05) is 12.1 Å². The molecule has 1 aromatic carbocycles. The van der Waals surface area contributed by atoms with Crippen molar-refractivity contribution in [3.63, 3.8) is 0 Å². The van der Waals surface area contributed by atoms with Crippen molar-refractivity contribution in [1.29, 1.82) is 0 Å². The number of hydrogen-bond donors (Lipinski definition) is 1. The molecule has 0 spiro atoms. The molecule has 0 aliphatic rings. The first-order valence-corrected chi connectivity index (χ1v) is 7.04. The zero-order valence-electron chi connectivity index (χ0n) is 12.5. The minimum absolute atomic E-state index is 0.0784. The van der Waals surface area contributed by atoms with E-state index in [1.54, 1.807) is 11.8 Å². The van der Waals surface area contributed by atoms with Gasteiger partial charge in [-0.2, -0.15) is 5.10 Å². The van der Waals surface area contributed by atoms with E-state index >= 15 is 0 Å². The van der Waals surface area contributed by atoms with E-state index in [0.717, 1.165) is 29.7 Å². The van der Waals surface area contributed by atoms with E-state index in [2.05, 4.69) is 10.4 Å². The van der Waals surface area contributed by atoms with Crippen molar-refractivity contribution in [2.75, 3.05) is 13.7 Å². The van der Waals surface area contributed by atoms with Crippen LogP contribution in [0.2, 0.25) is 0 Å². The van der Waals surface area contributed by atoms with Gasteiger partial charge in [0.2, 0.25) is 5.91 Å². The molecule has 1 aromatic heterocycles. The van der Waals surface area contributed by atoms with Gasteiger partial charge in [0.1, 0.15) is 5.75 Å². The van der Waals surface area contributed by atoms with Crippen LogP contribution in [0.5, 0.6) is 5.75 Å². The van der Waals surface area contributed by atoms with Gasteiger partial charge in [-0.15, -0.1) is 0 Å². The van der Waals surface area contributed by atoms with Crippen LogP contribution in [-0.2, 0) is 24.7 Å². The second kappa shape index (κ2) is 7.47. The quantitative estimate of drug-likeness (QED) is 0.843. The van der Waals surface area contributed by atoms with E-state index in [1.807, 2.05) is 43.7 Å². The Balaban J connectivity index is 1.67. The Morgan fingerprint density at radius 2 is 2.00 bits per heavy atom. The summed E-state index contributed by atoms with van der Waals surface area (Å²) in [6.07, 6.45) is 5.83. The Morgan fingerprint density at radius 3 is 2.62 bits per heavy atom. The van der Waals surface area contributed by atoms with E-state index < -0.39 is 0 Å². The third-order valence-corrected chi connectivity index (χ3v) is 3.29. The molecule has 0 fully saturated rings. The van der Waals surface area contributed by atoms with Gasteiger partial charge in [0.25, 0.3) is 0 Å². The fourth-order valence-electron chi connectivity index (χ4n) is 2.09. The number of nitrogens with one attached hydrogen (secondary N) is 1. The Kier molecular flexibility index (Phi) is 5.37. The first-order chi connectivity index (χ1) is 10.2. The van der Waals surface area contributed by atoms with E-state index in [1.165, 1.54) is 0 Å². The molecule has 0 radical (unpaired) electrons. The Hall–Kier alpha value is -2.30.